The van der Waals surface area contributed by atoms with Crippen molar-refractivity contribution in [2.75, 3.05) is 32.7 Å². The molecule has 1 amide bonds. The fourth-order valence-electron chi connectivity index (χ4n) is 2.20. The van der Waals surface area contributed by atoms with E-state index in [0.717, 1.165) is 44.9 Å². The van der Waals surface area contributed by atoms with Gasteiger partial charge >= 0.3 is 0 Å². The number of amides is 1. The van der Waals surface area contributed by atoms with Gasteiger partial charge < -0.3 is 15.5 Å². The minimum Gasteiger partial charge on any atom is -0.357 e. The third-order valence-electron chi connectivity index (χ3n) is 3.23. The zero-order chi connectivity index (χ0) is 14.6. The van der Waals surface area contributed by atoms with E-state index >= 15 is 0 Å². The van der Waals surface area contributed by atoms with Gasteiger partial charge in [-0.1, -0.05) is 12.3 Å². The fraction of sp³-hybridized carbons (Fsp3) is 0.733. The molecule has 2 N–H and O–H groups in total. The SMILES string of the molecule is C#CCNC(=NCCCN1CCCCCC1=O)NCC. The van der Waals surface area contributed by atoms with E-state index in [1.54, 1.807) is 0 Å². The number of nitrogens with zero attached hydrogens (tertiary/aromatic N) is 2. The Labute approximate surface area is 122 Å². The Morgan fingerprint density at radius 2 is 2.25 bits per heavy atom. The van der Waals surface area contributed by atoms with Crippen LogP contribution in [-0.4, -0.2) is 49.5 Å². The Hall–Kier alpha value is -1.70. The maximum Gasteiger partial charge on any atom is 0.222 e. The molecule has 1 fully saturated rings. The summed E-state index contributed by atoms with van der Waals surface area (Å²) in [6.45, 7) is 5.69. The van der Waals surface area contributed by atoms with Crippen molar-refractivity contribution in [2.24, 2.45) is 4.99 Å². The lowest BCUT2D eigenvalue weighted by Crippen LogP contribution is -2.37. The average Bonchev–Trinajstić information content (AvgIpc) is 2.65. The summed E-state index contributed by atoms with van der Waals surface area (Å²) in [5.41, 5.74) is 0. The van der Waals surface area contributed by atoms with Crippen LogP contribution < -0.4 is 10.6 Å². The van der Waals surface area contributed by atoms with Gasteiger partial charge in [-0.2, -0.15) is 0 Å². The molecule has 1 heterocycles. The van der Waals surface area contributed by atoms with Crippen LogP contribution in [0.5, 0.6) is 0 Å². The summed E-state index contributed by atoms with van der Waals surface area (Å²) in [7, 11) is 0. The van der Waals surface area contributed by atoms with Crippen LogP contribution in [0.1, 0.15) is 39.0 Å². The molecule has 0 aliphatic carbocycles. The molecule has 0 radical (unpaired) electrons. The quantitative estimate of drug-likeness (QED) is 0.329. The zero-order valence-electron chi connectivity index (χ0n) is 12.5. The Bertz CT molecular complexity index is 359. The second-order valence-corrected chi connectivity index (χ2v) is 4.86. The molecule has 1 rings (SSSR count). The Morgan fingerprint density at radius 1 is 1.40 bits per heavy atom. The number of terminal acetylenes is 1. The molecule has 5 heteroatoms. The van der Waals surface area contributed by atoms with E-state index in [1.165, 1.54) is 6.42 Å². The minimum atomic E-state index is 0.295. The van der Waals surface area contributed by atoms with Crippen LogP contribution >= 0.6 is 0 Å². The molecule has 1 saturated heterocycles. The van der Waals surface area contributed by atoms with E-state index in [0.29, 0.717) is 25.4 Å². The molecule has 1 aliphatic heterocycles. The molecular weight excluding hydrogens is 252 g/mol. The largest absolute Gasteiger partial charge is 0.357 e. The highest BCUT2D eigenvalue weighted by atomic mass is 16.2. The monoisotopic (exact) mass is 278 g/mol. The first kappa shape index (κ1) is 16.4. The molecular formula is C15H26N4O. The van der Waals surface area contributed by atoms with Gasteiger partial charge in [-0.3, -0.25) is 9.79 Å². The van der Waals surface area contributed by atoms with Gasteiger partial charge in [0.2, 0.25) is 5.91 Å². The highest BCUT2D eigenvalue weighted by Crippen LogP contribution is 2.11. The maximum atomic E-state index is 11.8. The number of hydrogen-bond acceptors (Lipinski definition) is 2. The Kier molecular flexibility index (Phi) is 8.28. The third kappa shape index (κ3) is 6.46. The van der Waals surface area contributed by atoms with Gasteiger partial charge in [0.25, 0.3) is 0 Å². The highest BCUT2D eigenvalue weighted by molar-refractivity contribution is 5.80. The minimum absolute atomic E-state index is 0.295. The number of aliphatic imine (C=N–C) groups is 1. The van der Waals surface area contributed by atoms with Crippen LogP contribution in [0.4, 0.5) is 0 Å². The van der Waals surface area contributed by atoms with E-state index < -0.39 is 0 Å². The average molecular weight is 278 g/mol. The molecule has 0 atom stereocenters. The van der Waals surface area contributed by atoms with Gasteiger partial charge in [-0.05, 0) is 26.2 Å². The molecule has 0 saturated carbocycles. The van der Waals surface area contributed by atoms with Gasteiger partial charge in [0.1, 0.15) is 0 Å². The molecule has 20 heavy (non-hydrogen) atoms. The predicted octanol–water partition coefficient (Wildman–Crippen LogP) is 0.967. The summed E-state index contributed by atoms with van der Waals surface area (Å²) >= 11 is 0. The third-order valence-corrected chi connectivity index (χ3v) is 3.23. The van der Waals surface area contributed by atoms with Crippen LogP contribution in [0, 0.1) is 12.3 Å². The van der Waals surface area contributed by atoms with Gasteiger partial charge in [0.05, 0.1) is 6.54 Å². The van der Waals surface area contributed by atoms with Crippen molar-refractivity contribution < 1.29 is 4.79 Å². The Morgan fingerprint density at radius 3 is 3.00 bits per heavy atom. The van der Waals surface area contributed by atoms with E-state index in [-0.39, 0.29) is 0 Å². The van der Waals surface area contributed by atoms with Crippen LogP contribution in [0.15, 0.2) is 4.99 Å². The first-order valence-electron chi connectivity index (χ1n) is 7.51. The number of nitrogens with one attached hydrogen (secondary N) is 2. The first-order chi connectivity index (χ1) is 9.77. The van der Waals surface area contributed by atoms with Crippen molar-refractivity contribution in [1.82, 2.24) is 15.5 Å². The second kappa shape index (κ2) is 10.1. The first-order valence-corrected chi connectivity index (χ1v) is 7.51. The fourth-order valence-corrected chi connectivity index (χ4v) is 2.20. The van der Waals surface area contributed by atoms with Gasteiger partial charge in [0.15, 0.2) is 5.96 Å². The summed E-state index contributed by atoms with van der Waals surface area (Å²) in [6, 6.07) is 0. The summed E-state index contributed by atoms with van der Waals surface area (Å²) < 4.78 is 0. The van der Waals surface area contributed by atoms with Gasteiger partial charge in [0, 0.05) is 32.6 Å². The van der Waals surface area contributed by atoms with E-state index in [9.17, 15) is 4.79 Å². The summed E-state index contributed by atoms with van der Waals surface area (Å²) in [5.74, 6) is 3.57. The normalized spacial score (nSPS) is 16.5. The summed E-state index contributed by atoms with van der Waals surface area (Å²) in [5, 5.41) is 6.19. The number of hydrogen-bond donors (Lipinski definition) is 2. The van der Waals surface area contributed by atoms with Gasteiger partial charge in [-0.25, -0.2) is 0 Å². The summed E-state index contributed by atoms with van der Waals surface area (Å²) in [4.78, 5) is 18.3. The van der Waals surface area contributed by atoms with E-state index in [4.69, 9.17) is 6.42 Å². The molecule has 112 valence electrons. The second-order valence-electron chi connectivity index (χ2n) is 4.86. The zero-order valence-corrected chi connectivity index (χ0v) is 12.5. The number of likely N-dealkylation sites (tertiary alicyclic amines) is 1. The molecule has 1 aliphatic rings. The molecule has 0 unspecified atom stereocenters. The van der Waals surface area contributed by atoms with Crippen LogP contribution in [-0.2, 0) is 4.79 Å². The predicted molar refractivity (Wildman–Crippen MR) is 82.5 cm³/mol. The van der Waals surface area contributed by atoms with E-state index in [1.807, 2.05) is 11.8 Å². The molecule has 0 aromatic rings. The maximum absolute atomic E-state index is 11.8. The molecule has 0 aromatic heterocycles. The van der Waals surface area contributed by atoms with Crippen LogP contribution in [0.3, 0.4) is 0 Å². The van der Waals surface area contributed by atoms with Gasteiger partial charge in [-0.15, -0.1) is 6.42 Å². The molecule has 0 bridgehead atoms. The lowest BCUT2D eigenvalue weighted by Gasteiger charge is -2.19. The Balaban J connectivity index is 2.30. The van der Waals surface area contributed by atoms with E-state index in [2.05, 4.69) is 21.5 Å². The van der Waals surface area contributed by atoms with Crippen molar-refractivity contribution in [3.63, 3.8) is 0 Å². The van der Waals surface area contributed by atoms with Crippen molar-refractivity contribution in [3.8, 4) is 12.3 Å². The van der Waals surface area contributed by atoms with Crippen molar-refractivity contribution in [1.29, 1.82) is 0 Å². The highest BCUT2D eigenvalue weighted by Gasteiger charge is 2.15. The lowest BCUT2D eigenvalue weighted by atomic mass is 10.2. The number of rotatable bonds is 6. The van der Waals surface area contributed by atoms with Crippen molar-refractivity contribution in [3.05, 3.63) is 0 Å². The summed E-state index contributed by atoms with van der Waals surface area (Å²) in [6.07, 6.45) is 10.1. The smallest absolute Gasteiger partial charge is 0.222 e. The molecule has 0 aromatic carbocycles. The van der Waals surface area contributed by atoms with Crippen LogP contribution in [0.2, 0.25) is 0 Å². The number of guanidine groups is 1. The van der Waals surface area contributed by atoms with Crippen LogP contribution in [0.25, 0.3) is 0 Å². The topological polar surface area (TPSA) is 56.7 Å². The standard InChI is InChI=1S/C15H26N4O/c1-3-10-17-15(16-4-2)18-11-8-13-19-12-7-5-6-9-14(19)20/h1H,4-13H2,2H3,(H2,16,17,18). The van der Waals surface area contributed by atoms with Crippen molar-refractivity contribution >= 4 is 11.9 Å². The molecule has 0 spiro atoms. The molecule has 5 nitrogen and oxygen atoms in total. The van der Waals surface area contributed by atoms with Crippen molar-refractivity contribution in [2.45, 2.75) is 39.0 Å². The number of carbonyl (C=O) groups excluding carboxylic acids is 1. The number of carbonyl (C=O) groups is 1. The lowest BCUT2D eigenvalue weighted by molar-refractivity contribution is -0.130.